The van der Waals surface area contributed by atoms with Gasteiger partial charge in [-0.05, 0) is 68.5 Å². The number of nitrogens with zero attached hydrogens (tertiary/aromatic N) is 2. The number of benzene rings is 2. The van der Waals surface area contributed by atoms with Gasteiger partial charge in [-0.3, -0.25) is 4.79 Å². The van der Waals surface area contributed by atoms with Crippen LogP contribution in [0.3, 0.4) is 0 Å². The van der Waals surface area contributed by atoms with Crippen LogP contribution in [0.5, 0.6) is 0 Å². The zero-order chi connectivity index (χ0) is 20.6. The molecule has 2 aromatic rings. The first-order valence-corrected chi connectivity index (χ1v) is 10.3. The molecule has 0 spiro atoms. The van der Waals surface area contributed by atoms with Crippen molar-refractivity contribution in [2.45, 2.75) is 44.9 Å². The van der Waals surface area contributed by atoms with E-state index in [-0.39, 0.29) is 17.3 Å². The highest BCUT2D eigenvalue weighted by molar-refractivity contribution is 5.94. The van der Waals surface area contributed by atoms with E-state index in [1.54, 1.807) is 19.2 Å². The van der Waals surface area contributed by atoms with Crippen LogP contribution in [0.2, 0.25) is 0 Å². The van der Waals surface area contributed by atoms with Gasteiger partial charge in [0, 0.05) is 43.0 Å². The number of likely N-dealkylation sites (tertiary alicyclic amines) is 1. The monoisotopic (exact) mass is 396 g/mol. The first-order chi connectivity index (χ1) is 13.9. The highest BCUT2D eigenvalue weighted by atomic mass is 19.1. The number of carbonyl (C=O) groups excluding carboxylic acids is 1. The molecule has 0 aromatic heterocycles. The van der Waals surface area contributed by atoms with Crippen molar-refractivity contribution >= 4 is 11.6 Å². The van der Waals surface area contributed by atoms with Crippen LogP contribution in [-0.4, -0.2) is 42.6 Å². The van der Waals surface area contributed by atoms with Gasteiger partial charge >= 0.3 is 0 Å². The van der Waals surface area contributed by atoms with Crippen molar-refractivity contribution in [3.8, 4) is 0 Å². The predicted octanol–water partition coefficient (Wildman–Crippen LogP) is 4.49. The molecule has 2 aliphatic rings. The van der Waals surface area contributed by atoms with E-state index in [9.17, 15) is 9.18 Å². The zero-order valence-electron chi connectivity index (χ0n) is 17.4. The standard InChI is InChI=1S/C24H29FN2O2/c1-24(2)14-19-15-26(23(28)18-9-7-17(8-10-18)16-29-3)12-11-22(19)27(24)21-6-4-5-20(25)13-21/h4-10,13,19,22H,11-12,14-16H2,1-3H3/t19-,22+/m1/s1. The van der Waals surface area contributed by atoms with Gasteiger partial charge in [-0.25, -0.2) is 4.39 Å². The molecule has 0 N–H and O–H groups in total. The maximum atomic E-state index is 13.8. The van der Waals surface area contributed by atoms with Gasteiger partial charge < -0.3 is 14.5 Å². The lowest BCUT2D eigenvalue weighted by atomic mass is 9.89. The number of amides is 1. The fourth-order valence-electron chi connectivity index (χ4n) is 5.19. The van der Waals surface area contributed by atoms with Gasteiger partial charge in [-0.1, -0.05) is 18.2 Å². The van der Waals surface area contributed by atoms with E-state index in [2.05, 4.69) is 18.7 Å². The van der Waals surface area contributed by atoms with Crippen LogP contribution < -0.4 is 4.90 Å². The third-order valence-corrected chi connectivity index (χ3v) is 6.32. The predicted molar refractivity (Wildman–Crippen MR) is 113 cm³/mol. The molecule has 29 heavy (non-hydrogen) atoms. The van der Waals surface area contributed by atoms with Crippen LogP contribution in [0.4, 0.5) is 10.1 Å². The number of ether oxygens (including phenoxy) is 1. The molecule has 154 valence electrons. The van der Waals surface area contributed by atoms with Crippen molar-refractivity contribution < 1.29 is 13.9 Å². The highest BCUT2D eigenvalue weighted by Gasteiger charge is 2.48. The lowest BCUT2D eigenvalue weighted by Crippen LogP contribution is -2.50. The molecule has 5 heteroatoms. The quantitative estimate of drug-likeness (QED) is 0.763. The summed E-state index contributed by atoms with van der Waals surface area (Å²) in [5, 5.41) is 0. The van der Waals surface area contributed by atoms with E-state index < -0.39 is 0 Å². The van der Waals surface area contributed by atoms with Crippen molar-refractivity contribution in [3.63, 3.8) is 0 Å². The van der Waals surface area contributed by atoms with E-state index in [1.165, 1.54) is 6.07 Å². The topological polar surface area (TPSA) is 32.8 Å². The number of hydrogen-bond acceptors (Lipinski definition) is 3. The van der Waals surface area contributed by atoms with Crippen LogP contribution in [0.15, 0.2) is 48.5 Å². The molecule has 1 amide bonds. The zero-order valence-corrected chi connectivity index (χ0v) is 17.4. The van der Waals surface area contributed by atoms with E-state index in [1.807, 2.05) is 35.2 Å². The van der Waals surface area contributed by atoms with E-state index in [0.717, 1.165) is 42.7 Å². The molecule has 4 nitrogen and oxygen atoms in total. The summed E-state index contributed by atoms with van der Waals surface area (Å²) in [6, 6.07) is 14.9. The lowest BCUT2D eigenvalue weighted by Gasteiger charge is -2.42. The number of piperidine rings is 1. The highest BCUT2D eigenvalue weighted by Crippen LogP contribution is 2.44. The molecular formula is C24H29FN2O2. The third-order valence-electron chi connectivity index (χ3n) is 6.32. The van der Waals surface area contributed by atoms with Crippen LogP contribution in [0, 0.1) is 11.7 Å². The van der Waals surface area contributed by atoms with Crippen molar-refractivity contribution in [3.05, 3.63) is 65.5 Å². The molecule has 2 aliphatic heterocycles. The Balaban J connectivity index is 1.50. The first-order valence-electron chi connectivity index (χ1n) is 10.3. The maximum Gasteiger partial charge on any atom is 0.253 e. The molecule has 0 aliphatic carbocycles. The number of halogens is 1. The van der Waals surface area contributed by atoms with Gasteiger partial charge in [-0.15, -0.1) is 0 Å². The van der Waals surface area contributed by atoms with Crippen molar-refractivity contribution in [2.75, 3.05) is 25.1 Å². The maximum absolute atomic E-state index is 13.8. The summed E-state index contributed by atoms with van der Waals surface area (Å²) >= 11 is 0. The van der Waals surface area contributed by atoms with Gasteiger partial charge in [0.1, 0.15) is 5.82 Å². The second kappa shape index (κ2) is 7.79. The van der Waals surface area contributed by atoms with Gasteiger partial charge in [0.05, 0.1) is 6.61 Å². The van der Waals surface area contributed by atoms with Crippen LogP contribution in [-0.2, 0) is 11.3 Å². The number of hydrogen-bond donors (Lipinski definition) is 0. The summed E-state index contributed by atoms with van der Waals surface area (Å²) in [4.78, 5) is 17.4. The summed E-state index contributed by atoms with van der Waals surface area (Å²) < 4.78 is 19.0. The fraction of sp³-hybridized carbons (Fsp3) is 0.458. The van der Waals surface area contributed by atoms with Crippen LogP contribution >= 0.6 is 0 Å². The Labute approximate surface area is 172 Å². The van der Waals surface area contributed by atoms with E-state index in [4.69, 9.17) is 4.74 Å². The van der Waals surface area contributed by atoms with Gasteiger partial charge in [0.25, 0.3) is 5.91 Å². The molecule has 0 radical (unpaired) electrons. The van der Waals surface area contributed by atoms with Crippen LogP contribution in [0.1, 0.15) is 42.6 Å². The van der Waals surface area contributed by atoms with Gasteiger partial charge in [0.15, 0.2) is 0 Å². The molecule has 2 saturated heterocycles. The summed E-state index contributed by atoms with van der Waals surface area (Å²) in [5.74, 6) is 0.277. The minimum Gasteiger partial charge on any atom is -0.380 e. The number of anilines is 1. The van der Waals surface area contributed by atoms with Gasteiger partial charge in [0.2, 0.25) is 0 Å². The largest absolute Gasteiger partial charge is 0.380 e. The Hall–Kier alpha value is -2.40. The Morgan fingerprint density at radius 2 is 1.97 bits per heavy atom. The molecular weight excluding hydrogens is 367 g/mol. The number of fused-ring (bicyclic) bond motifs is 1. The number of rotatable bonds is 4. The van der Waals surface area contributed by atoms with Crippen molar-refractivity contribution in [1.29, 1.82) is 0 Å². The Morgan fingerprint density at radius 3 is 2.66 bits per heavy atom. The van der Waals surface area contributed by atoms with Crippen LogP contribution in [0.25, 0.3) is 0 Å². The number of methoxy groups -OCH3 is 1. The normalized spacial score (nSPS) is 23.2. The van der Waals surface area contributed by atoms with Gasteiger partial charge in [-0.2, -0.15) is 0 Å². The lowest BCUT2D eigenvalue weighted by molar-refractivity contribution is 0.0667. The molecule has 4 rings (SSSR count). The molecule has 0 saturated carbocycles. The molecule has 0 bridgehead atoms. The molecule has 0 unspecified atom stereocenters. The summed E-state index contributed by atoms with van der Waals surface area (Å²) in [6.45, 7) is 6.46. The van der Waals surface area contributed by atoms with Crippen molar-refractivity contribution in [2.24, 2.45) is 5.92 Å². The van der Waals surface area contributed by atoms with Crippen molar-refractivity contribution in [1.82, 2.24) is 4.90 Å². The fourth-order valence-corrected chi connectivity index (χ4v) is 5.19. The minimum atomic E-state index is -0.203. The SMILES string of the molecule is COCc1ccc(C(=O)N2CC[C@H]3[C@@H](C2)CC(C)(C)N3c2cccc(F)c2)cc1. The molecule has 2 aromatic carbocycles. The third kappa shape index (κ3) is 3.88. The summed E-state index contributed by atoms with van der Waals surface area (Å²) in [7, 11) is 1.67. The first kappa shape index (κ1) is 19.9. The Bertz CT molecular complexity index is 881. The molecule has 2 atom stereocenters. The minimum absolute atomic E-state index is 0.0655. The average molecular weight is 397 g/mol. The second-order valence-electron chi connectivity index (χ2n) is 8.86. The Morgan fingerprint density at radius 1 is 1.21 bits per heavy atom. The average Bonchev–Trinajstić information content (AvgIpc) is 2.97. The number of carbonyl (C=O) groups is 1. The Kier molecular flexibility index (Phi) is 5.34. The van der Waals surface area contributed by atoms with E-state index in [0.29, 0.717) is 18.6 Å². The smallest absolute Gasteiger partial charge is 0.253 e. The molecule has 2 fully saturated rings. The summed E-state index contributed by atoms with van der Waals surface area (Å²) in [5.41, 5.74) is 2.66. The van der Waals surface area contributed by atoms with E-state index >= 15 is 0 Å². The second-order valence-corrected chi connectivity index (χ2v) is 8.86. The molecule has 2 heterocycles. The summed E-state index contributed by atoms with van der Waals surface area (Å²) in [6.07, 6.45) is 1.89.